The normalized spacial score (nSPS) is 19.4. The summed E-state index contributed by atoms with van der Waals surface area (Å²) in [4.78, 5) is 40.2. The van der Waals surface area contributed by atoms with Crippen molar-refractivity contribution in [3.63, 3.8) is 0 Å². The number of rotatable bonds is 7. The number of hydrogen-bond acceptors (Lipinski definition) is 6. The van der Waals surface area contributed by atoms with E-state index in [2.05, 4.69) is 48.9 Å². The third-order valence-corrected chi connectivity index (χ3v) is 8.85. The van der Waals surface area contributed by atoms with Crippen LogP contribution in [-0.4, -0.2) is 30.7 Å². The van der Waals surface area contributed by atoms with Gasteiger partial charge in [-0.3, -0.25) is 14.4 Å². The predicted octanol–water partition coefficient (Wildman–Crippen LogP) is 7.88. The van der Waals surface area contributed by atoms with E-state index in [0.29, 0.717) is 70.9 Å². The van der Waals surface area contributed by atoms with Crippen LogP contribution < -0.4 is 14.8 Å². The quantitative estimate of drug-likeness (QED) is 0.328. The number of benzene rings is 2. The molecule has 0 radical (unpaired) electrons. The molecule has 8 heteroatoms. The summed E-state index contributed by atoms with van der Waals surface area (Å²) in [5.74, 6) is 1.26. The van der Waals surface area contributed by atoms with Crippen molar-refractivity contribution in [2.24, 2.45) is 10.8 Å². The first kappa shape index (κ1) is 31.0. The SMILES string of the molecule is CCOc1cc(C2C3=C(CC(C)(C)CC3=O)OC3=C2C(=O)CC(C)(C)C3)cc(Br)c1OCC(=O)Nc1cc(C)ccc1C. The molecule has 0 saturated heterocycles. The molecule has 0 atom stereocenters. The van der Waals surface area contributed by atoms with Crippen molar-refractivity contribution in [1.82, 2.24) is 0 Å². The maximum atomic E-state index is 13.7. The van der Waals surface area contributed by atoms with Crippen molar-refractivity contribution < 1.29 is 28.6 Å². The Balaban J connectivity index is 1.52. The van der Waals surface area contributed by atoms with Crippen LogP contribution in [0.2, 0.25) is 0 Å². The summed E-state index contributed by atoms with van der Waals surface area (Å²) >= 11 is 3.65. The van der Waals surface area contributed by atoms with Gasteiger partial charge in [0.25, 0.3) is 5.91 Å². The second-order valence-electron chi connectivity index (χ2n) is 13.5. The zero-order valence-corrected chi connectivity index (χ0v) is 27.6. The maximum absolute atomic E-state index is 13.7. The number of hydrogen-bond donors (Lipinski definition) is 1. The van der Waals surface area contributed by atoms with Gasteiger partial charge in [0.15, 0.2) is 29.7 Å². The first-order valence-electron chi connectivity index (χ1n) is 14.8. The molecule has 1 amide bonds. The smallest absolute Gasteiger partial charge is 0.262 e. The average molecular weight is 651 g/mol. The third-order valence-electron chi connectivity index (χ3n) is 8.26. The van der Waals surface area contributed by atoms with Crippen molar-refractivity contribution >= 4 is 39.1 Å². The number of carbonyl (C=O) groups is 3. The number of nitrogens with one attached hydrogen (secondary N) is 1. The van der Waals surface area contributed by atoms with E-state index >= 15 is 0 Å². The molecule has 0 fully saturated rings. The molecule has 43 heavy (non-hydrogen) atoms. The number of ketones is 2. The lowest BCUT2D eigenvalue weighted by atomic mass is 9.65. The monoisotopic (exact) mass is 649 g/mol. The van der Waals surface area contributed by atoms with Crippen molar-refractivity contribution in [1.29, 1.82) is 0 Å². The molecule has 228 valence electrons. The Labute approximate surface area is 262 Å². The van der Waals surface area contributed by atoms with Crippen LogP contribution in [0.4, 0.5) is 5.69 Å². The summed E-state index contributed by atoms with van der Waals surface area (Å²) < 4.78 is 19.0. The van der Waals surface area contributed by atoms with Crippen molar-refractivity contribution in [2.45, 2.75) is 80.1 Å². The van der Waals surface area contributed by atoms with Gasteiger partial charge in [0, 0.05) is 48.4 Å². The highest BCUT2D eigenvalue weighted by molar-refractivity contribution is 9.10. The number of allylic oxidation sites excluding steroid dienone is 4. The largest absolute Gasteiger partial charge is 0.490 e. The van der Waals surface area contributed by atoms with Crippen LogP contribution in [0.1, 0.15) is 82.9 Å². The highest BCUT2D eigenvalue weighted by atomic mass is 79.9. The van der Waals surface area contributed by atoms with Gasteiger partial charge < -0.3 is 19.5 Å². The molecule has 0 saturated carbocycles. The van der Waals surface area contributed by atoms with Gasteiger partial charge in [0.1, 0.15) is 11.5 Å². The maximum Gasteiger partial charge on any atom is 0.262 e. The van der Waals surface area contributed by atoms with Crippen LogP contribution in [-0.2, 0) is 19.1 Å². The molecule has 2 aliphatic carbocycles. The molecule has 0 spiro atoms. The van der Waals surface area contributed by atoms with Crippen molar-refractivity contribution in [3.8, 4) is 11.5 Å². The fraction of sp³-hybridized carbons (Fsp3) is 0.457. The Morgan fingerprint density at radius 1 is 0.930 bits per heavy atom. The molecule has 2 aromatic rings. The zero-order chi connectivity index (χ0) is 31.3. The van der Waals surface area contributed by atoms with Crippen LogP contribution >= 0.6 is 15.9 Å². The Hall–Kier alpha value is -3.39. The van der Waals surface area contributed by atoms with Crippen molar-refractivity contribution in [3.05, 3.63) is 74.2 Å². The summed E-state index contributed by atoms with van der Waals surface area (Å²) in [5, 5.41) is 2.92. The molecule has 2 aromatic carbocycles. The second-order valence-corrected chi connectivity index (χ2v) is 14.4. The van der Waals surface area contributed by atoms with E-state index in [9.17, 15) is 14.4 Å². The lowest BCUT2D eigenvalue weighted by molar-refractivity contribution is -0.120. The van der Waals surface area contributed by atoms with Crippen LogP contribution in [0.3, 0.4) is 0 Å². The molecule has 3 aliphatic rings. The van der Waals surface area contributed by atoms with Gasteiger partial charge in [-0.1, -0.05) is 39.8 Å². The van der Waals surface area contributed by atoms with E-state index in [1.54, 1.807) is 0 Å². The number of amides is 1. The fourth-order valence-electron chi connectivity index (χ4n) is 6.36. The van der Waals surface area contributed by atoms with E-state index < -0.39 is 5.92 Å². The molecular formula is C35H40BrNO6. The summed E-state index contributed by atoms with van der Waals surface area (Å²) in [6.45, 7) is 14.2. The van der Waals surface area contributed by atoms with Gasteiger partial charge in [-0.25, -0.2) is 0 Å². The molecular weight excluding hydrogens is 610 g/mol. The van der Waals surface area contributed by atoms with Gasteiger partial charge in [-0.15, -0.1) is 0 Å². The summed E-state index contributed by atoms with van der Waals surface area (Å²) in [6, 6.07) is 9.57. The van der Waals surface area contributed by atoms with Crippen LogP contribution in [0.15, 0.2) is 57.5 Å². The molecule has 1 N–H and O–H groups in total. The summed E-state index contributed by atoms with van der Waals surface area (Å²) in [5.41, 5.74) is 4.12. The first-order valence-corrected chi connectivity index (χ1v) is 15.6. The van der Waals surface area contributed by atoms with E-state index in [4.69, 9.17) is 14.2 Å². The standard InChI is InChI=1S/C35H40BrNO6/c1-8-41-26-13-21(12-22(36)33(26)42-18-29(40)37-23-11-19(2)9-10-20(23)3)30-31-24(38)14-34(4,5)16-27(31)43-28-17-35(6,7)15-25(39)32(28)30/h9-13,30H,8,14-18H2,1-7H3,(H,37,40). The number of carbonyl (C=O) groups excluding carboxylic acids is 3. The highest BCUT2D eigenvalue weighted by Gasteiger charge is 2.48. The van der Waals surface area contributed by atoms with Crippen LogP contribution in [0, 0.1) is 24.7 Å². The van der Waals surface area contributed by atoms with Crippen molar-refractivity contribution in [2.75, 3.05) is 18.5 Å². The topological polar surface area (TPSA) is 90.9 Å². The lowest BCUT2D eigenvalue weighted by Crippen LogP contribution is -2.37. The molecule has 0 unspecified atom stereocenters. The Morgan fingerprint density at radius 3 is 2.12 bits per heavy atom. The fourth-order valence-corrected chi connectivity index (χ4v) is 6.93. The molecule has 0 aromatic heterocycles. The van der Waals surface area contributed by atoms with Crippen LogP contribution in [0.5, 0.6) is 11.5 Å². The van der Waals surface area contributed by atoms with Gasteiger partial charge in [-0.05, 0) is 82.4 Å². The number of ether oxygens (including phenoxy) is 3. The molecule has 1 heterocycles. The highest BCUT2D eigenvalue weighted by Crippen LogP contribution is 2.54. The zero-order valence-electron chi connectivity index (χ0n) is 26.0. The summed E-state index contributed by atoms with van der Waals surface area (Å²) in [7, 11) is 0. The minimum Gasteiger partial charge on any atom is -0.490 e. The minimum absolute atomic E-state index is 0.00189. The number of anilines is 1. The third kappa shape index (κ3) is 6.44. The van der Waals surface area contributed by atoms with Gasteiger partial charge >= 0.3 is 0 Å². The molecule has 7 nitrogen and oxygen atoms in total. The summed E-state index contributed by atoms with van der Waals surface area (Å²) in [6.07, 6.45) is 1.99. The Morgan fingerprint density at radius 2 is 1.53 bits per heavy atom. The second kappa shape index (κ2) is 11.6. The lowest BCUT2D eigenvalue weighted by Gasteiger charge is -2.42. The molecule has 5 rings (SSSR count). The minimum atomic E-state index is -0.567. The van der Waals surface area contributed by atoms with E-state index in [1.807, 2.05) is 51.1 Å². The Bertz CT molecular complexity index is 1530. The molecule has 1 aliphatic heterocycles. The van der Waals surface area contributed by atoms with E-state index in [0.717, 1.165) is 22.4 Å². The number of halogens is 1. The number of Topliss-reactive ketones (excluding diaryl/α,β-unsaturated/α-hetero) is 2. The van der Waals surface area contributed by atoms with Gasteiger partial charge in [-0.2, -0.15) is 0 Å². The predicted molar refractivity (Wildman–Crippen MR) is 169 cm³/mol. The average Bonchev–Trinajstić information content (AvgIpc) is 2.87. The Kier molecular flexibility index (Phi) is 8.38. The van der Waals surface area contributed by atoms with Crippen LogP contribution in [0.25, 0.3) is 0 Å². The van der Waals surface area contributed by atoms with E-state index in [1.165, 1.54) is 0 Å². The van der Waals surface area contributed by atoms with Gasteiger partial charge in [0.2, 0.25) is 0 Å². The first-order chi connectivity index (χ1) is 20.2. The van der Waals surface area contributed by atoms with E-state index in [-0.39, 0.29) is 34.9 Å². The molecule has 0 bridgehead atoms. The van der Waals surface area contributed by atoms with Gasteiger partial charge in [0.05, 0.1) is 11.1 Å². The number of aryl methyl sites for hydroxylation is 2.